The van der Waals surface area contributed by atoms with Crippen LogP contribution in [0, 0.1) is 6.92 Å². The van der Waals surface area contributed by atoms with Gasteiger partial charge in [-0.05, 0) is 31.2 Å². The number of para-hydroxylation sites is 1. The van der Waals surface area contributed by atoms with Crippen LogP contribution in [-0.2, 0) is 9.53 Å². The van der Waals surface area contributed by atoms with Gasteiger partial charge in [0.25, 0.3) is 5.91 Å². The molecule has 0 radical (unpaired) electrons. The number of amides is 3. The first-order valence-electron chi connectivity index (χ1n) is 9.88. The van der Waals surface area contributed by atoms with Gasteiger partial charge in [0.05, 0.1) is 5.56 Å². The summed E-state index contributed by atoms with van der Waals surface area (Å²) in [7, 11) is 0. The van der Waals surface area contributed by atoms with Crippen LogP contribution < -0.4 is 5.32 Å². The van der Waals surface area contributed by atoms with Gasteiger partial charge in [0, 0.05) is 38.1 Å². The van der Waals surface area contributed by atoms with E-state index in [2.05, 4.69) is 15.5 Å². The van der Waals surface area contributed by atoms with E-state index < -0.39 is 5.97 Å². The van der Waals surface area contributed by atoms with Crippen molar-refractivity contribution >= 4 is 29.2 Å². The second-order valence-electron chi connectivity index (χ2n) is 7.13. The van der Waals surface area contributed by atoms with Crippen molar-refractivity contribution in [1.82, 2.24) is 24.4 Å². The van der Waals surface area contributed by atoms with Crippen LogP contribution in [0.15, 0.2) is 48.7 Å². The van der Waals surface area contributed by atoms with Gasteiger partial charge in [-0.1, -0.05) is 18.2 Å². The van der Waals surface area contributed by atoms with Crippen molar-refractivity contribution < 1.29 is 19.1 Å². The molecule has 1 aliphatic heterocycles. The molecule has 4 rings (SSSR count). The number of rotatable bonds is 4. The van der Waals surface area contributed by atoms with Gasteiger partial charge in [0.1, 0.15) is 5.82 Å². The molecule has 2 aromatic heterocycles. The number of piperazine rings is 1. The first kappa shape index (κ1) is 20.3. The van der Waals surface area contributed by atoms with E-state index in [4.69, 9.17) is 4.74 Å². The number of aromatic nitrogens is 3. The maximum absolute atomic E-state index is 12.4. The number of hydrogen-bond acceptors (Lipinski definition) is 6. The number of anilines is 1. The highest BCUT2D eigenvalue weighted by Gasteiger charge is 2.25. The average molecular weight is 422 g/mol. The van der Waals surface area contributed by atoms with Crippen molar-refractivity contribution in [2.45, 2.75) is 6.92 Å². The molecule has 0 saturated carbocycles. The van der Waals surface area contributed by atoms with Gasteiger partial charge in [-0.25, -0.2) is 9.59 Å². The summed E-state index contributed by atoms with van der Waals surface area (Å²) in [4.78, 5) is 40.3. The number of nitrogens with one attached hydrogen (secondary N) is 1. The largest absolute Gasteiger partial charge is 0.452 e. The summed E-state index contributed by atoms with van der Waals surface area (Å²) in [6.07, 6.45) is 1.58. The van der Waals surface area contributed by atoms with Gasteiger partial charge in [-0.2, -0.15) is 0 Å². The summed E-state index contributed by atoms with van der Waals surface area (Å²) in [5.41, 5.74) is 1.66. The van der Waals surface area contributed by atoms with E-state index in [-0.39, 0.29) is 18.5 Å². The Morgan fingerprint density at radius 2 is 1.68 bits per heavy atom. The van der Waals surface area contributed by atoms with Crippen LogP contribution in [0.25, 0.3) is 5.65 Å². The molecule has 1 aliphatic rings. The lowest BCUT2D eigenvalue weighted by molar-refractivity contribution is -0.135. The Balaban J connectivity index is 1.25. The summed E-state index contributed by atoms with van der Waals surface area (Å²) in [5, 5.41) is 10.7. The number of ether oxygens (including phenoxy) is 1. The molecule has 3 heterocycles. The Morgan fingerprint density at radius 3 is 2.42 bits per heavy atom. The normalized spacial score (nSPS) is 13.8. The van der Waals surface area contributed by atoms with Crippen LogP contribution in [0.3, 0.4) is 0 Å². The van der Waals surface area contributed by atoms with Gasteiger partial charge in [-0.3, -0.25) is 9.20 Å². The number of pyridine rings is 1. The molecule has 3 aromatic rings. The Labute approximate surface area is 178 Å². The maximum Gasteiger partial charge on any atom is 0.340 e. The third-order valence-corrected chi connectivity index (χ3v) is 5.08. The molecule has 0 aliphatic carbocycles. The fourth-order valence-electron chi connectivity index (χ4n) is 3.31. The van der Waals surface area contributed by atoms with E-state index in [9.17, 15) is 14.4 Å². The minimum atomic E-state index is -0.593. The lowest BCUT2D eigenvalue weighted by Gasteiger charge is -2.34. The predicted octanol–water partition coefficient (Wildman–Crippen LogP) is 1.57. The molecule has 0 spiro atoms. The quantitative estimate of drug-likeness (QED) is 0.640. The number of hydrogen-bond donors (Lipinski definition) is 1. The van der Waals surface area contributed by atoms with Crippen LogP contribution in [0.4, 0.5) is 10.5 Å². The molecule has 160 valence electrons. The molecular weight excluding hydrogens is 400 g/mol. The first-order valence-corrected chi connectivity index (χ1v) is 9.88. The number of benzene rings is 1. The molecule has 31 heavy (non-hydrogen) atoms. The van der Waals surface area contributed by atoms with Gasteiger partial charge < -0.3 is 19.9 Å². The Bertz CT molecular complexity index is 1110. The van der Waals surface area contributed by atoms with Gasteiger partial charge in [-0.15, -0.1) is 10.2 Å². The summed E-state index contributed by atoms with van der Waals surface area (Å²) in [5.74, 6) is -0.239. The fraction of sp³-hybridized carbons (Fsp3) is 0.286. The average Bonchev–Trinajstić information content (AvgIpc) is 3.18. The SMILES string of the molecule is Cc1nnc2ccc(C(=O)OCC(=O)N3CCN(C(=O)Nc4ccccc4)CC3)cn12. The van der Waals surface area contributed by atoms with Crippen molar-refractivity contribution in [3.05, 3.63) is 60.0 Å². The molecule has 0 bridgehead atoms. The number of nitrogens with zero attached hydrogens (tertiary/aromatic N) is 5. The van der Waals surface area contributed by atoms with Gasteiger partial charge >= 0.3 is 12.0 Å². The maximum atomic E-state index is 12.4. The van der Waals surface area contributed by atoms with Crippen molar-refractivity contribution in [1.29, 1.82) is 0 Å². The lowest BCUT2D eigenvalue weighted by Crippen LogP contribution is -2.52. The number of carbonyl (C=O) groups is 3. The number of esters is 1. The van der Waals surface area contributed by atoms with Crippen LogP contribution >= 0.6 is 0 Å². The lowest BCUT2D eigenvalue weighted by atomic mass is 10.3. The summed E-state index contributed by atoms with van der Waals surface area (Å²) in [6, 6.07) is 12.2. The molecule has 1 aromatic carbocycles. The van der Waals surface area contributed by atoms with E-state index >= 15 is 0 Å². The molecule has 0 atom stereocenters. The molecule has 10 heteroatoms. The first-order chi connectivity index (χ1) is 15.0. The zero-order valence-corrected chi connectivity index (χ0v) is 17.0. The third-order valence-electron chi connectivity index (χ3n) is 5.08. The Kier molecular flexibility index (Phi) is 5.78. The molecule has 3 amide bonds. The molecule has 1 saturated heterocycles. The van der Waals surface area contributed by atoms with Crippen molar-refractivity contribution in [3.8, 4) is 0 Å². The second-order valence-corrected chi connectivity index (χ2v) is 7.13. The van der Waals surface area contributed by atoms with Crippen LogP contribution in [0.5, 0.6) is 0 Å². The zero-order chi connectivity index (χ0) is 21.8. The smallest absolute Gasteiger partial charge is 0.340 e. The monoisotopic (exact) mass is 422 g/mol. The zero-order valence-electron chi connectivity index (χ0n) is 17.0. The molecular formula is C21H22N6O4. The summed E-state index contributed by atoms with van der Waals surface area (Å²) < 4.78 is 6.86. The molecule has 1 N–H and O–H groups in total. The van der Waals surface area contributed by atoms with Crippen LogP contribution in [0.2, 0.25) is 0 Å². The Morgan fingerprint density at radius 1 is 0.968 bits per heavy atom. The minimum Gasteiger partial charge on any atom is -0.452 e. The van der Waals surface area contributed by atoms with Crippen LogP contribution in [0.1, 0.15) is 16.2 Å². The summed E-state index contributed by atoms with van der Waals surface area (Å²) in [6.45, 7) is 2.99. The highest BCUT2D eigenvalue weighted by Crippen LogP contribution is 2.10. The number of fused-ring (bicyclic) bond motifs is 1. The van der Waals surface area contributed by atoms with Gasteiger partial charge in [0.15, 0.2) is 12.3 Å². The minimum absolute atomic E-state index is 0.204. The van der Waals surface area contributed by atoms with Crippen molar-refractivity contribution in [3.63, 3.8) is 0 Å². The standard InChI is InChI=1S/C21H22N6O4/c1-15-23-24-18-8-7-16(13-27(15)18)20(29)31-14-19(28)25-9-11-26(12-10-25)21(30)22-17-5-3-2-4-6-17/h2-8,13H,9-12,14H2,1H3,(H,22,30). The van der Waals surface area contributed by atoms with Crippen LogP contribution in [-0.4, -0.2) is 75.1 Å². The molecule has 10 nitrogen and oxygen atoms in total. The highest BCUT2D eigenvalue weighted by molar-refractivity contribution is 5.91. The number of carbonyl (C=O) groups excluding carboxylic acids is 3. The predicted molar refractivity (Wildman–Crippen MR) is 112 cm³/mol. The van der Waals surface area contributed by atoms with E-state index in [0.29, 0.717) is 43.2 Å². The number of urea groups is 1. The highest BCUT2D eigenvalue weighted by atomic mass is 16.5. The van der Waals surface area contributed by atoms with Gasteiger partial charge in [0.2, 0.25) is 0 Å². The van der Waals surface area contributed by atoms with E-state index in [1.165, 1.54) is 0 Å². The molecule has 1 fully saturated rings. The van der Waals surface area contributed by atoms with E-state index in [1.807, 2.05) is 30.3 Å². The summed E-state index contributed by atoms with van der Waals surface area (Å²) >= 11 is 0. The second kappa shape index (κ2) is 8.82. The third kappa shape index (κ3) is 4.63. The van der Waals surface area contributed by atoms with E-state index in [0.717, 1.165) is 5.69 Å². The van der Waals surface area contributed by atoms with Crippen molar-refractivity contribution in [2.24, 2.45) is 0 Å². The number of aryl methyl sites for hydroxylation is 1. The van der Waals surface area contributed by atoms with Crippen molar-refractivity contribution in [2.75, 3.05) is 38.1 Å². The van der Waals surface area contributed by atoms with E-state index in [1.54, 1.807) is 39.5 Å². The molecule has 0 unspecified atom stereocenters. The Hall–Kier alpha value is -3.95. The topological polar surface area (TPSA) is 109 Å². The fourth-order valence-corrected chi connectivity index (χ4v) is 3.31.